The van der Waals surface area contributed by atoms with E-state index in [0.717, 1.165) is 11.8 Å². The molecule has 0 aromatic rings. The zero-order chi connectivity index (χ0) is 12.9. The van der Waals surface area contributed by atoms with E-state index >= 15 is 0 Å². The highest BCUT2D eigenvalue weighted by molar-refractivity contribution is 4.56. The van der Waals surface area contributed by atoms with Gasteiger partial charge in [0.2, 0.25) is 0 Å². The molecule has 0 N–H and O–H groups in total. The Bertz CT molecular complexity index is 137. The molecule has 0 aromatic heterocycles. The molecule has 0 bridgehead atoms. The van der Waals surface area contributed by atoms with E-state index in [1.54, 1.807) is 0 Å². The molecule has 1 atom stereocenters. The van der Waals surface area contributed by atoms with Crippen molar-refractivity contribution in [1.29, 1.82) is 0 Å². The van der Waals surface area contributed by atoms with E-state index in [1.807, 2.05) is 0 Å². The van der Waals surface area contributed by atoms with Gasteiger partial charge in [-0.1, -0.05) is 98.3 Å². The van der Waals surface area contributed by atoms with Crippen LogP contribution in [-0.4, -0.2) is 0 Å². The monoisotopic (exact) mass is 240 g/mol. The van der Waals surface area contributed by atoms with Crippen molar-refractivity contribution in [3.05, 3.63) is 0 Å². The predicted octanol–water partition coefficient (Wildman–Crippen LogP) is 6.59. The zero-order valence-corrected chi connectivity index (χ0v) is 12.9. The lowest BCUT2D eigenvalue weighted by atomic mass is 9.94. The summed E-state index contributed by atoms with van der Waals surface area (Å²) in [5.41, 5.74) is 0. The first-order valence-corrected chi connectivity index (χ1v) is 8.16. The van der Waals surface area contributed by atoms with Gasteiger partial charge in [-0.15, -0.1) is 0 Å². The van der Waals surface area contributed by atoms with Crippen molar-refractivity contribution in [3.8, 4) is 0 Å². The first kappa shape index (κ1) is 17.0. The largest absolute Gasteiger partial charge is 0.0654 e. The van der Waals surface area contributed by atoms with Crippen molar-refractivity contribution in [2.75, 3.05) is 0 Å². The average Bonchev–Trinajstić information content (AvgIpc) is 2.30. The van der Waals surface area contributed by atoms with E-state index in [-0.39, 0.29) is 0 Å². The Morgan fingerprint density at radius 2 is 1.12 bits per heavy atom. The molecule has 0 aromatic carbocycles. The normalized spacial score (nSPS) is 13.2. The Hall–Kier alpha value is 0. The highest BCUT2D eigenvalue weighted by Crippen LogP contribution is 2.18. The van der Waals surface area contributed by atoms with Crippen LogP contribution in [-0.2, 0) is 0 Å². The second-order valence-corrected chi connectivity index (χ2v) is 6.34. The number of hydrogen-bond donors (Lipinski definition) is 0. The second kappa shape index (κ2) is 12.5. The van der Waals surface area contributed by atoms with Crippen molar-refractivity contribution >= 4 is 0 Å². The van der Waals surface area contributed by atoms with Crippen LogP contribution < -0.4 is 0 Å². The summed E-state index contributed by atoms with van der Waals surface area (Å²) in [4.78, 5) is 0. The molecular formula is C17H36. The quantitative estimate of drug-likeness (QED) is 0.338. The van der Waals surface area contributed by atoms with Crippen LogP contribution in [0.1, 0.15) is 98.3 Å². The third-order valence-electron chi connectivity index (χ3n) is 3.79. The Labute approximate surface area is 111 Å². The standard InChI is InChI=1S/C17H36/c1-5-6-7-8-9-10-11-12-13-17(4)15-14-16(2)3/h16-17H,5-15H2,1-4H3. The summed E-state index contributed by atoms with van der Waals surface area (Å²) >= 11 is 0. The molecule has 0 saturated carbocycles. The molecule has 0 rings (SSSR count). The minimum absolute atomic E-state index is 0.885. The predicted molar refractivity (Wildman–Crippen MR) is 80.5 cm³/mol. The Morgan fingerprint density at radius 3 is 1.65 bits per heavy atom. The van der Waals surface area contributed by atoms with Gasteiger partial charge in [-0.2, -0.15) is 0 Å². The average molecular weight is 240 g/mol. The molecule has 0 heteroatoms. The lowest BCUT2D eigenvalue weighted by Crippen LogP contribution is -1.98. The summed E-state index contributed by atoms with van der Waals surface area (Å²) in [7, 11) is 0. The summed E-state index contributed by atoms with van der Waals surface area (Å²) < 4.78 is 0. The molecule has 0 spiro atoms. The van der Waals surface area contributed by atoms with Crippen LogP contribution in [0.2, 0.25) is 0 Å². The maximum absolute atomic E-state index is 2.43. The van der Waals surface area contributed by atoms with Crippen LogP contribution >= 0.6 is 0 Å². The van der Waals surface area contributed by atoms with E-state index in [9.17, 15) is 0 Å². The van der Waals surface area contributed by atoms with E-state index in [0.29, 0.717) is 0 Å². The van der Waals surface area contributed by atoms with Crippen molar-refractivity contribution in [2.45, 2.75) is 98.3 Å². The van der Waals surface area contributed by atoms with Crippen molar-refractivity contribution in [2.24, 2.45) is 11.8 Å². The van der Waals surface area contributed by atoms with Gasteiger partial charge in [0.15, 0.2) is 0 Å². The minimum atomic E-state index is 0.885. The Balaban J connectivity index is 3.11. The molecule has 0 aliphatic heterocycles. The van der Waals surface area contributed by atoms with E-state index < -0.39 is 0 Å². The van der Waals surface area contributed by atoms with Gasteiger partial charge >= 0.3 is 0 Å². The first-order chi connectivity index (χ1) is 8.16. The smallest absolute Gasteiger partial charge is 0.0443 e. The van der Waals surface area contributed by atoms with Gasteiger partial charge in [-0.25, -0.2) is 0 Å². The van der Waals surface area contributed by atoms with Crippen LogP contribution in [0.3, 0.4) is 0 Å². The minimum Gasteiger partial charge on any atom is -0.0654 e. The molecule has 0 aliphatic carbocycles. The molecule has 0 amide bonds. The molecule has 0 aliphatic rings. The second-order valence-electron chi connectivity index (χ2n) is 6.34. The third-order valence-corrected chi connectivity index (χ3v) is 3.79. The molecule has 1 unspecified atom stereocenters. The van der Waals surface area contributed by atoms with Crippen LogP contribution in [0, 0.1) is 11.8 Å². The summed E-state index contributed by atoms with van der Waals surface area (Å²) in [6, 6.07) is 0. The van der Waals surface area contributed by atoms with Gasteiger partial charge in [-0.05, 0) is 11.8 Å². The summed E-state index contributed by atoms with van der Waals surface area (Å²) in [6.07, 6.45) is 15.9. The molecule has 104 valence electrons. The van der Waals surface area contributed by atoms with E-state index in [2.05, 4.69) is 27.7 Å². The fraction of sp³-hybridized carbons (Fsp3) is 1.00. The van der Waals surface area contributed by atoms with Crippen molar-refractivity contribution in [1.82, 2.24) is 0 Å². The highest BCUT2D eigenvalue weighted by atomic mass is 14.1. The lowest BCUT2D eigenvalue weighted by Gasteiger charge is -2.12. The van der Waals surface area contributed by atoms with E-state index in [1.165, 1.54) is 70.6 Å². The van der Waals surface area contributed by atoms with Crippen LogP contribution in [0.15, 0.2) is 0 Å². The molecular weight excluding hydrogens is 204 g/mol. The van der Waals surface area contributed by atoms with Crippen LogP contribution in [0.4, 0.5) is 0 Å². The number of unbranched alkanes of at least 4 members (excludes halogenated alkanes) is 7. The summed E-state index contributed by atoms with van der Waals surface area (Å²) in [6.45, 7) is 9.40. The van der Waals surface area contributed by atoms with Gasteiger partial charge in [0.05, 0.1) is 0 Å². The molecule has 17 heavy (non-hydrogen) atoms. The van der Waals surface area contributed by atoms with Crippen LogP contribution in [0.25, 0.3) is 0 Å². The van der Waals surface area contributed by atoms with Crippen molar-refractivity contribution in [3.63, 3.8) is 0 Å². The summed E-state index contributed by atoms with van der Waals surface area (Å²) in [5, 5.41) is 0. The maximum Gasteiger partial charge on any atom is -0.0443 e. The molecule has 0 heterocycles. The summed E-state index contributed by atoms with van der Waals surface area (Å²) in [5.74, 6) is 1.84. The Kier molecular flexibility index (Phi) is 12.5. The van der Waals surface area contributed by atoms with Gasteiger partial charge in [0, 0.05) is 0 Å². The van der Waals surface area contributed by atoms with Gasteiger partial charge in [0.25, 0.3) is 0 Å². The third kappa shape index (κ3) is 13.9. The molecule has 0 fully saturated rings. The van der Waals surface area contributed by atoms with Gasteiger partial charge in [0.1, 0.15) is 0 Å². The molecule has 0 saturated heterocycles. The number of hydrogen-bond acceptors (Lipinski definition) is 0. The maximum atomic E-state index is 2.43. The fourth-order valence-electron chi connectivity index (χ4n) is 2.39. The lowest BCUT2D eigenvalue weighted by molar-refractivity contribution is 0.410. The van der Waals surface area contributed by atoms with Crippen molar-refractivity contribution < 1.29 is 0 Å². The highest BCUT2D eigenvalue weighted by Gasteiger charge is 2.03. The molecule has 0 nitrogen and oxygen atoms in total. The van der Waals surface area contributed by atoms with Gasteiger partial charge < -0.3 is 0 Å². The van der Waals surface area contributed by atoms with Crippen LogP contribution in [0.5, 0.6) is 0 Å². The Morgan fingerprint density at radius 1 is 0.588 bits per heavy atom. The topological polar surface area (TPSA) is 0 Å². The fourth-order valence-corrected chi connectivity index (χ4v) is 2.39. The van der Waals surface area contributed by atoms with Gasteiger partial charge in [-0.3, -0.25) is 0 Å². The number of rotatable bonds is 12. The SMILES string of the molecule is CCCCCCCCCCC(C)CCC(C)C. The zero-order valence-electron chi connectivity index (χ0n) is 12.9. The molecule has 0 radical (unpaired) electrons. The first-order valence-electron chi connectivity index (χ1n) is 8.16. The van der Waals surface area contributed by atoms with E-state index in [4.69, 9.17) is 0 Å².